The van der Waals surface area contributed by atoms with Gasteiger partial charge in [-0.05, 0) is 32.0 Å². The van der Waals surface area contributed by atoms with Crippen LogP contribution in [0.5, 0.6) is 0 Å². The van der Waals surface area contributed by atoms with E-state index >= 15 is 0 Å². The Morgan fingerprint density at radius 3 is 2.46 bits per heavy atom. The summed E-state index contributed by atoms with van der Waals surface area (Å²) >= 11 is 6.23. The molecule has 3 rings (SSSR count). The third kappa shape index (κ3) is 4.02. The van der Waals surface area contributed by atoms with Gasteiger partial charge >= 0.3 is 5.97 Å². The molecule has 2 heterocycles. The number of hydrogen-bond donors (Lipinski definition) is 0. The fourth-order valence-electron chi connectivity index (χ4n) is 3.03. The monoisotopic (exact) mass is 376 g/mol. The van der Waals surface area contributed by atoms with Gasteiger partial charge in [0, 0.05) is 26.2 Å². The van der Waals surface area contributed by atoms with Gasteiger partial charge in [0.1, 0.15) is 17.1 Å². The lowest BCUT2D eigenvalue weighted by Gasteiger charge is -2.36. The largest absolute Gasteiger partial charge is 0.466 e. The molecule has 1 aromatic carbocycles. The lowest BCUT2D eigenvalue weighted by Crippen LogP contribution is -2.50. The molecule has 1 aliphatic rings. The second kappa shape index (κ2) is 7.83. The van der Waals surface area contributed by atoms with E-state index in [-0.39, 0.29) is 12.5 Å². The zero-order valence-electron chi connectivity index (χ0n) is 14.8. The molecule has 0 unspecified atom stereocenters. The first-order valence-corrected chi connectivity index (χ1v) is 8.85. The molecule has 2 aromatic rings. The number of esters is 1. The van der Waals surface area contributed by atoms with E-state index in [2.05, 4.69) is 4.90 Å². The second-order valence-electron chi connectivity index (χ2n) is 6.22. The van der Waals surface area contributed by atoms with Crippen LogP contribution < -0.4 is 4.90 Å². The number of para-hydroxylation sites is 1. The molecule has 1 fully saturated rings. The van der Waals surface area contributed by atoms with E-state index in [9.17, 15) is 9.59 Å². The highest BCUT2D eigenvalue weighted by molar-refractivity contribution is 6.33. The smallest absolute Gasteiger partial charge is 0.342 e. The summed E-state index contributed by atoms with van der Waals surface area (Å²) < 4.78 is 10.5. The summed E-state index contributed by atoms with van der Waals surface area (Å²) in [5, 5.41) is 0.701. The SMILES string of the molecule is Cc1cc(C(=O)OCC(=O)N2CCN(c3ccccc3Cl)CC2)c(C)o1. The predicted octanol–water partition coefficient (Wildman–Crippen LogP) is 3.06. The van der Waals surface area contributed by atoms with Gasteiger partial charge in [0.15, 0.2) is 6.61 Å². The van der Waals surface area contributed by atoms with Crippen molar-refractivity contribution in [2.45, 2.75) is 13.8 Å². The van der Waals surface area contributed by atoms with Crippen LogP contribution in [0.2, 0.25) is 5.02 Å². The Hall–Kier alpha value is -2.47. The first-order chi connectivity index (χ1) is 12.5. The molecule has 1 aromatic heterocycles. The lowest BCUT2D eigenvalue weighted by molar-refractivity contribution is -0.134. The van der Waals surface area contributed by atoms with Crippen molar-refractivity contribution in [2.24, 2.45) is 0 Å². The molecule has 0 spiro atoms. The zero-order chi connectivity index (χ0) is 18.7. The van der Waals surface area contributed by atoms with Crippen LogP contribution in [-0.2, 0) is 9.53 Å². The molecule has 138 valence electrons. The molecule has 0 N–H and O–H groups in total. The maximum Gasteiger partial charge on any atom is 0.342 e. The molecule has 0 aliphatic carbocycles. The van der Waals surface area contributed by atoms with Crippen LogP contribution in [0.25, 0.3) is 0 Å². The molecular formula is C19H21ClN2O4. The van der Waals surface area contributed by atoms with E-state index < -0.39 is 5.97 Å². The minimum Gasteiger partial charge on any atom is -0.466 e. The van der Waals surface area contributed by atoms with E-state index in [1.54, 1.807) is 24.8 Å². The Labute approximate surface area is 157 Å². The van der Waals surface area contributed by atoms with Crippen molar-refractivity contribution >= 4 is 29.2 Å². The summed E-state index contributed by atoms with van der Waals surface area (Å²) in [6.45, 7) is 5.67. The standard InChI is InChI=1S/C19H21ClN2O4/c1-13-11-15(14(2)26-13)19(24)25-12-18(23)22-9-7-21(8-10-22)17-6-4-3-5-16(17)20/h3-6,11H,7-10,12H2,1-2H3. The topological polar surface area (TPSA) is 63.0 Å². The van der Waals surface area contributed by atoms with Crippen molar-refractivity contribution in [3.05, 3.63) is 52.4 Å². The Balaban J connectivity index is 1.50. The minimum absolute atomic E-state index is 0.199. The molecule has 7 heteroatoms. The Kier molecular flexibility index (Phi) is 5.52. The van der Waals surface area contributed by atoms with Crippen molar-refractivity contribution in [3.63, 3.8) is 0 Å². The van der Waals surface area contributed by atoms with Crippen molar-refractivity contribution in [1.82, 2.24) is 4.90 Å². The third-order valence-electron chi connectivity index (χ3n) is 4.41. The molecule has 6 nitrogen and oxygen atoms in total. The maximum atomic E-state index is 12.3. The van der Waals surface area contributed by atoms with Crippen LogP contribution in [0.4, 0.5) is 5.69 Å². The molecule has 0 atom stereocenters. The number of aryl methyl sites for hydroxylation is 2. The highest BCUT2D eigenvalue weighted by Crippen LogP contribution is 2.26. The highest BCUT2D eigenvalue weighted by Gasteiger charge is 2.24. The van der Waals surface area contributed by atoms with E-state index in [0.717, 1.165) is 5.69 Å². The molecule has 1 aliphatic heterocycles. The lowest BCUT2D eigenvalue weighted by atomic mass is 10.2. The number of anilines is 1. The Morgan fingerprint density at radius 1 is 1.15 bits per heavy atom. The fraction of sp³-hybridized carbons (Fsp3) is 0.368. The molecule has 0 radical (unpaired) electrons. The third-order valence-corrected chi connectivity index (χ3v) is 4.73. The highest BCUT2D eigenvalue weighted by atomic mass is 35.5. The summed E-state index contributed by atoms with van der Waals surface area (Å²) in [4.78, 5) is 28.2. The van der Waals surface area contributed by atoms with Gasteiger partial charge in [-0.2, -0.15) is 0 Å². The number of rotatable bonds is 4. The van der Waals surface area contributed by atoms with Crippen molar-refractivity contribution in [3.8, 4) is 0 Å². The predicted molar refractivity (Wildman–Crippen MR) is 98.7 cm³/mol. The van der Waals surface area contributed by atoms with Gasteiger partial charge in [0.2, 0.25) is 0 Å². The molecule has 1 saturated heterocycles. The zero-order valence-corrected chi connectivity index (χ0v) is 15.6. The Morgan fingerprint density at radius 2 is 1.85 bits per heavy atom. The maximum absolute atomic E-state index is 12.3. The quantitative estimate of drug-likeness (QED) is 0.767. The summed E-state index contributed by atoms with van der Waals surface area (Å²) in [7, 11) is 0. The number of halogens is 1. The van der Waals surface area contributed by atoms with Crippen molar-refractivity contribution < 1.29 is 18.7 Å². The molecular weight excluding hydrogens is 356 g/mol. The van der Waals surface area contributed by atoms with Crippen LogP contribution in [-0.4, -0.2) is 49.6 Å². The van der Waals surface area contributed by atoms with Gasteiger partial charge in [0.05, 0.1) is 10.7 Å². The molecule has 0 bridgehead atoms. The second-order valence-corrected chi connectivity index (χ2v) is 6.63. The first-order valence-electron chi connectivity index (χ1n) is 8.47. The number of carbonyl (C=O) groups is 2. The number of hydrogen-bond acceptors (Lipinski definition) is 5. The van der Waals surface area contributed by atoms with Crippen LogP contribution in [0.15, 0.2) is 34.7 Å². The number of furan rings is 1. The first kappa shape index (κ1) is 18.3. The summed E-state index contributed by atoms with van der Waals surface area (Å²) in [5.41, 5.74) is 1.33. The molecule has 1 amide bonds. The van der Waals surface area contributed by atoms with Crippen LogP contribution in [0.1, 0.15) is 21.9 Å². The van der Waals surface area contributed by atoms with Crippen LogP contribution in [0, 0.1) is 13.8 Å². The van der Waals surface area contributed by atoms with E-state index in [1.807, 2.05) is 24.3 Å². The van der Waals surface area contributed by atoms with Gasteiger partial charge in [-0.1, -0.05) is 23.7 Å². The minimum atomic E-state index is -0.539. The van der Waals surface area contributed by atoms with Gasteiger partial charge in [-0.3, -0.25) is 4.79 Å². The van der Waals surface area contributed by atoms with E-state index in [0.29, 0.717) is 48.3 Å². The summed E-state index contributed by atoms with van der Waals surface area (Å²) in [6, 6.07) is 9.27. The fourth-order valence-corrected chi connectivity index (χ4v) is 3.29. The van der Waals surface area contributed by atoms with Crippen LogP contribution in [0.3, 0.4) is 0 Å². The Bertz CT molecular complexity index is 810. The number of ether oxygens (including phenoxy) is 1. The van der Waals surface area contributed by atoms with Gasteiger partial charge in [-0.15, -0.1) is 0 Å². The van der Waals surface area contributed by atoms with Crippen LogP contribution >= 0.6 is 11.6 Å². The van der Waals surface area contributed by atoms with E-state index in [1.165, 1.54) is 0 Å². The van der Waals surface area contributed by atoms with E-state index in [4.69, 9.17) is 20.8 Å². The van der Waals surface area contributed by atoms with Crippen molar-refractivity contribution in [2.75, 3.05) is 37.7 Å². The van der Waals surface area contributed by atoms with Crippen molar-refractivity contribution in [1.29, 1.82) is 0 Å². The number of amides is 1. The number of nitrogens with zero attached hydrogens (tertiary/aromatic N) is 2. The average molecular weight is 377 g/mol. The van der Waals surface area contributed by atoms with Gasteiger partial charge in [-0.25, -0.2) is 4.79 Å². The number of carbonyl (C=O) groups excluding carboxylic acids is 2. The van der Waals surface area contributed by atoms with Gasteiger partial charge < -0.3 is 19.0 Å². The normalized spacial score (nSPS) is 14.4. The molecule has 0 saturated carbocycles. The van der Waals surface area contributed by atoms with Gasteiger partial charge in [0.25, 0.3) is 5.91 Å². The number of piperazine rings is 1. The molecule has 26 heavy (non-hydrogen) atoms. The average Bonchev–Trinajstić information content (AvgIpc) is 2.98. The summed E-state index contributed by atoms with van der Waals surface area (Å²) in [6.07, 6.45) is 0. The summed E-state index contributed by atoms with van der Waals surface area (Å²) in [5.74, 6) is 0.391. The number of benzene rings is 1.